The Morgan fingerprint density at radius 1 is 1.43 bits per heavy atom. The number of nitrogens with two attached hydrogens (primary N) is 1. The number of aromatic hydroxyl groups is 1. The van der Waals surface area contributed by atoms with Gasteiger partial charge in [0.1, 0.15) is 18.0 Å². The van der Waals surface area contributed by atoms with Crippen molar-refractivity contribution >= 4 is 17.5 Å². The molecule has 0 unspecified atom stereocenters. The average molecular weight is 293 g/mol. The van der Waals surface area contributed by atoms with Crippen molar-refractivity contribution in [2.75, 3.05) is 11.4 Å². The van der Waals surface area contributed by atoms with Crippen molar-refractivity contribution in [1.82, 2.24) is 5.43 Å². The quantitative estimate of drug-likeness (QED) is 0.430. The molecule has 0 saturated heterocycles. The Labute approximate surface area is 122 Å². The van der Waals surface area contributed by atoms with Crippen LogP contribution in [-0.2, 0) is 9.59 Å². The van der Waals surface area contributed by atoms with Gasteiger partial charge in [-0.1, -0.05) is 13.8 Å². The Morgan fingerprint density at radius 2 is 2.10 bits per heavy atom. The standard InChI is InChI=1S/C14H19N3O4/c1-3-14(4-2)13(20)17(8-12(19)16-15)10-7-9(18)5-6-11(10)21-14/h5-7,18H,3-4,8,15H2,1-2H3,(H,16,19). The molecule has 2 amide bonds. The maximum atomic E-state index is 12.7. The topological polar surface area (TPSA) is 105 Å². The summed E-state index contributed by atoms with van der Waals surface area (Å²) in [5.41, 5.74) is 1.37. The maximum Gasteiger partial charge on any atom is 0.271 e. The van der Waals surface area contributed by atoms with E-state index in [2.05, 4.69) is 0 Å². The van der Waals surface area contributed by atoms with Gasteiger partial charge < -0.3 is 9.84 Å². The van der Waals surface area contributed by atoms with Gasteiger partial charge in [-0.05, 0) is 25.0 Å². The van der Waals surface area contributed by atoms with Crippen LogP contribution < -0.4 is 20.9 Å². The minimum atomic E-state index is -1.00. The minimum Gasteiger partial charge on any atom is -0.508 e. The smallest absolute Gasteiger partial charge is 0.271 e. The summed E-state index contributed by atoms with van der Waals surface area (Å²) in [6, 6.07) is 4.46. The van der Waals surface area contributed by atoms with Crippen LogP contribution in [0.4, 0.5) is 5.69 Å². The van der Waals surface area contributed by atoms with Crippen LogP contribution in [0.5, 0.6) is 11.5 Å². The van der Waals surface area contributed by atoms with Gasteiger partial charge in [-0.25, -0.2) is 5.84 Å². The molecule has 0 fully saturated rings. The summed E-state index contributed by atoms with van der Waals surface area (Å²) < 4.78 is 5.87. The van der Waals surface area contributed by atoms with Crippen LogP contribution in [0.2, 0.25) is 0 Å². The molecular weight excluding hydrogens is 274 g/mol. The van der Waals surface area contributed by atoms with E-state index in [1.165, 1.54) is 17.0 Å². The molecule has 0 saturated carbocycles. The first-order chi connectivity index (χ1) is 9.97. The van der Waals surface area contributed by atoms with Crippen LogP contribution in [-0.4, -0.2) is 29.1 Å². The summed E-state index contributed by atoms with van der Waals surface area (Å²) in [5, 5.41) is 9.61. The van der Waals surface area contributed by atoms with E-state index in [4.69, 9.17) is 10.6 Å². The molecule has 1 aliphatic heterocycles. The second-order valence-electron chi connectivity index (χ2n) is 4.91. The fourth-order valence-electron chi connectivity index (χ4n) is 2.46. The van der Waals surface area contributed by atoms with Gasteiger partial charge in [-0.3, -0.25) is 19.9 Å². The van der Waals surface area contributed by atoms with E-state index in [1.807, 2.05) is 19.3 Å². The third-order valence-corrected chi connectivity index (χ3v) is 3.78. The Bertz CT molecular complexity index is 569. The summed E-state index contributed by atoms with van der Waals surface area (Å²) in [5.74, 6) is 4.74. The molecule has 7 nitrogen and oxygen atoms in total. The number of carbonyl (C=O) groups excluding carboxylic acids is 2. The Morgan fingerprint density at radius 3 is 2.67 bits per heavy atom. The normalized spacial score (nSPS) is 16.1. The third-order valence-electron chi connectivity index (χ3n) is 3.78. The fourth-order valence-corrected chi connectivity index (χ4v) is 2.46. The molecule has 2 rings (SSSR count). The van der Waals surface area contributed by atoms with Crippen molar-refractivity contribution in [1.29, 1.82) is 0 Å². The number of phenolic OH excluding ortho intramolecular Hbond substituents is 1. The van der Waals surface area contributed by atoms with E-state index in [0.29, 0.717) is 24.3 Å². The summed E-state index contributed by atoms with van der Waals surface area (Å²) in [6.07, 6.45) is 0.951. The van der Waals surface area contributed by atoms with E-state index < -0.39 is 11.5 Å². The van der Waals surface area contributed by atoms with Gasteiger partial charge in [0, 0.05) is 6.07 Å². The number of hydrogen-bond acceptors (Lipinski definition) is 5. The van der Waals surface area contributed by atoms with Crippen molar-refractivity contribution in [3.05, 3.63) is 18.2 Å². The first-order valence-corrected chi connectivity index (χ1v) is 6.81. The zero-order chi connectivity index (χ0) is 15.6. The molecule has 0 radical (unpaired) electrons. The molecule has 21 heavy (non-hydrogen) atoms. The number of benzene rings is 1. The number of nitrogens with one attached hydrogen (secondary N) is 1. The van der Waals surface area contributed by atoms with Crippen LogP contribution >= 0.6 is 0 Å². The van der Waals surface area contributed by atoms with Gasteiger partial charge in [-0.15, -0.1) is 0 Å². The number of carbonyl (C=O) groups is 2. The fraction of sp³-hybridized carbons (Fsp3) is 0.429. The van der Waals surface area contributed by atoms with Gasteiger partial charge in [-0.2, -0.15) is 0 Å². The average Bonchev–Trinajstić information content (AvgIpc) is 2.50. The van der Waals surface area contributed by atoms with Crippen molar-refractivity contribution < 1.29 is 19.4 Å². The number of anilines is 1. The molecule has 0 aliphatic carbocycles. The maximum absolute atomic E-state index is 12.7. The zero-order valence-corrected chi connectivity index (χ0v) is 12.0. The molecule has 4 N–H and O–H groups in total. The molecule has 0 aromatic heterocycles. The predicted octanol–water partition coefficient (Wildman–Crippen LogP) is 0.666. The van der Waals surface area contributed by atoms with Gasteiger partial charge in [0.15, 0.2) is 5.60 Å². The van der Waals surface area contributed by atoms with Crippen molar-refractivity contribution in [3.63, 3.8) is 0 Å². The summed E-state index contributed by atoms with van der Waals surface area (Å²) in [6.45, 7) is 3.48. The SMILES string of the molecule is CCC1(CC)Oc2ccc(O)cc2N(CC(=O)NN)C1=O. The molecular formula is C14H19N3O4. The van der Waals surface area contributed by atoms with Crippen molar-refractivity contribution in [3.8, 4) is 11.5 Å². The van der Waals surface area contributed by atoms with E-state index in [9.17, 15) is 14.7 Å². The number of ether oxygens (including phenoxy) is 1. The number of fused-ring (bicyclic) bond motifs is 1. The van der Waals surface area contributed by atoms with E-state index in [1.54, 1.807) is 6.07 Å². The van der Waals surface area contributed by atoms with Crippen LogP contribution in [0, 0.1) is 0 Å². The first-order valence-electron chi connectivity index (χ1n) is 6.81. The number of nitrogens with zero attached hydrogens (tertiary/aromatic N) is 1. The number of amides is 2. The van der Waals surface area contributed by atoms with Crippen molar-refractivity contribution in [2.45, 2.75) is 32.3 Å². The number of hydrazine groups is 1. The first kappa shape index (κ1) is 15.1. The highest BCUT2D eigenvalue weighted by atomic mass is 16.5. The largest absolute Gasteiger partial charge is 0.508 e. The lowest BCUT2D eigenvalue weighted by Crippen LogP contribution is -2.57. The lowest BCUT2D eigenvalue weighted by Gasteiger charge is -2.41. The molecule has 7 heteroatoms. The molecule has 0 bridgehead atoms. The van der Waals surface area contributed by atoms with Crippen LogP contribution in [0.15, 0.2) is 18.2 Å². The number of rotatable bonds is 4. The van der Waals surface area contributed by atoms with E-state index in [0.717, 1.165) is 0 Å². The lowest BCUT2D eigenvalue weighted by atomic mass is 9.92. The van der Waals surface area contributed by atoms with Crippen LogP contribution in [0.3, 0.4) is 0 Å². The molecule has 1 aromatic carbocycles. The highest BCUT2D eigenvalue weighted by Crippen LogP contribution is 2.41. The lowest BCUT2D eigenvalue weighted by molar-refractivity contribution is -0.137. The van der Waals surface area contributed by atoms with E-state index >= 15 is 0 Å². The highest BCUT2D eigenvalue weighted by Gasteiger charge is 2.46. The second kappa shape index (κ2) is 5.61. The van der Waals surface area contributed by atoms with Gasteiger partial charge in [0.2, 0.25) is 0 Å². The van der Waals surface area contributed by atoms with Crippen molar-refractivity contribution in [2.24, 2.45) is 5.84 Å². The summed E-state index contributed by atoms with van der Waals surface area (Å²) in [7, 11) is 0. The van der Waals surface area contributed by atoms with Crippen LogP contribution in [0.25, 0.3) is 0 Å². The Hall–Kier alpha value is -2.28. The minimum absolute atomic E-state index is 0.0104. The third kappa shape index (κ3) is 2.52. The van der Waals surface area contributed by atoms with Gasteiger partial charge in [0.25, 0.3) is 11.8 Å². The Balaban J connectivity index is 2.52. The second-order valence-corrected chi connectivity index (χ2v) is 4.91. The zero-order valence-electron chi connectivity index (χ0n) is 12.0. The highest BCUT2D eigenvalue weighted by molar-refractivity contribution is 6.06. The molecule has 1 aliphatic rings. The van der Waals surface area contributed by atoms with Gasteiger partial charge in [0.05, 0.1) is 5.69 Å². The summed E-state index contributed by atoms with van der Waals surface area (Å²) in [4.78, 5) is 25.6. The monoisotopic (exact) mass is 293 g/mol. The molecule has 1 aromatic rings. The number of hydrogen-bond donors (Lipinski definition) is 3. The Kier molecular flexibility index (Phi) is 4.04. The summed E-state index contributed by atoms with van der Waals surface area (Å²) >= 11 is 0. The molecule has 1 heterocycles. The molecule has 0 spiro atoms. The van der Waals surface area contributed by atoms with Crippen LogP contribution in [0.1, 0.15) is 26.7 Å². The number of phenols is 1. The van der Waals surface area contributed by atoms with Gasteiger partial charge >= 0.3 is 0 Å². The van der Waals surface area contributed by atoms with E-state index in [-0.39, 0.29) is 18.2 Å². The predicted molar refractivity (Wildman–Crippen MR) is 76.7 cm³/mol. The molecule has 114 valence electrons. The molecule has 0 atom stereocenters.